The normalized spacial score (nSPS) is 21.1. The van der Waals surface area contributed by atoms with E-state index < -0.39 is 0 Å². The Bertz CT molecular complexity index is 635. The molecule has 2 aliphatic rings. The van der Waals surface area contributed by atoms with Crippen LogP contribution >= 0.6 is 0 Å². The van der Waals surface area contributed by atoms with E-state index in [-0.39, 0.29) is 0 Å². The summed E-state index contributed by atoms with van der Waals surface area (Å²) in [5.74, 6) is 1.62. The van der Waals surface area contributed by atoms with Gasteiger partial charge in [-0.05, 0) is 23.7 Å². The quantitative estimate of drug-likeness (QED) is 0.785. The van der Waals surface area contributed by atoms with Crippen molar-refractivity contribution in [2.45, 2.75) is 18.9 Å². The Kier molecular flexibility index (Phi) is 2.78. The van der Waals surface area contributed by atoms with Gasteiger partial charge in [0.15, 0.2) is 0 Å². The summed E-state index contributed by atoms with van der Waals surface area (Å²) in [5.41, 5.74) is 5.64. The molecule has 0 aromatic heterocycles. The van der Waals surface area contributed by atoms with Crippen molar-refractivity contribution in [1.82, 2.24) is 4.90 Å². The van der Waals surface area contributed by atoms with Crippen molar-refractivity contribution >= 4 is 0 Å². The van der Waals surface area contributed by atoms with E-state index in [0.29, 0.717) is 5.92 Å². The Morgan fingerprint density at radius 3 is 2.80 bits per heavy atom. The molecule has 20 heavy (non-hydrogen) atoms. The molecule has 0 saturated heterocycles. The average Bonchev–Trinajstić information content (AvgIpc) is 2.96. The molecule has 2 nitrogen and oxygen atoms in total. The number of benzene rings is 2. The molecule has 2 aliphatic heterocycles. The summed E-state index contributed by atoms with van der Waals surface area (Å²) in [6, 6.07) is 15.4. The average molecular weight is 265 g/mol. The highest BCUT2D eigenvalue weighted by Crippen LogP contribution is 2.41. The fourth-order valence-electron chi connectivity index (χ4n) is 3.54. The standard InChI is InChI=1S/C18H19NO/c1-19-11-16(13-5-3-2-4-6-13)15-8-7-14-9-10-20-18(14)17(15)12-19/h2-8,16H,9-12H2,1H3/t16-/m1/s1. The van der Waals surface area contributed by atoms with E-state index in [1.807, 2.05) is 0 Å². The van der Waals surface area contributed by atoms with Crippen LogP contribution in [0.5, 0.6) is 5.75 Å². The lowest BCUT2D eigenvalue weighted by atomic mass is 9.83. The summed E-state index contributed by atoms with van der Waals surface area (Å²) < 4.78 is 5.90. The van der Waals surface area contributed by atoms with Crippen LogP contribution < -0.4 is 4.74 Å². The third-order valence-electron chi connectivity index (χ3n) is 4.50. The summed E-state index contributed by atoms with van der Waals surface area (Å²) >= 11 is 0. The van der Waals surface area contributed by atoms with Gasteiger partial charge in [-0.2, -0.15) is 0 Å². The van der Waals surface area contributed by atoms with Crippen molar-refractivity contribution in [3.05, 3.63) is 64.7 Å². The highest BCUT2D eigenvalue weighted by molar-refractivity contribution is 5.53. The minimum Gasteiger partial charge on any atom is -0.493 e. The lowest BCUT2D eigenvalue weighted by Crippen LogP contribution is -2.31. The van der Waals surface area contributed by atoms with E-state index >= 15 is 0 Å². The fraction of sp³-hybridized carbons (Fsp3) is 0.333. The van der Waals surface area contributed by atoms with Gasteiger partial charge < -0.3 is 9.64 Å². The molecule has 0 saturated carbocycles. The molecule has 2 heteroatoms. The van der Waals surface area contributed by atoms with Crippen LogP contribution in [0, 0.1) is 0 Å². The van der Waals surface area contributed by atoms with Gasteiger partial charge in [-0.25, -0.2) is 0 Å². The number of likely N-dealkylation sites (N-methyl/N-ethyl adjacent to an activating group) is 1. The zero-order chi connectivity index (χ0) is 13.5. The van der Waals surface area contributed by atoms with Crippen LogP contribution in [0.4, 0.5) is 0 Å². The fourth-order valence-corrected chi connectivity index (χ4v) is 3.54. The Morgan fingerprint density at radius 2 is 1.95 bits per heavy atom. The van der Waals surface area contributed by atoms with Gasteiger partial charge in [0.25, 0.3) is 0 Å². The van der Waals surface area contributed by atoms with Gasteiger partial charge in [0, 0.05) is 31.0 Å². The molecule has 2 heterocycles. The molecule has 0 bridgehead atoms. The Morgan fingerprint density at radius 1 is 1.10 bits per heavy atom. The first-order valence-electron chi connectivity index (χ1n) is 7.34. The summed E-state index contributed by atoms with van der Waals surface area (Å²) in [7, 11) is 2.20. The van der Waals surface area contributed by atoms with Gasteiger partial charge in [0.1, 0.15) is 5.75 Å². The molecule has 1 atom stereocenters. The molecule has 102 valence electrons. The van der Waals surface area contributed by atoms with E-state index in [1.54, 1.807) is 0 Å². The molecule has 0 amide bonds. The first-order valence-corrected chi connectivity index (χ1v) is 7.34. The molecule has 0 radical (unpaired) electrons. The highest BCUT2D eigenvalue weighted by Gasteiger charge is 2.29. The highest BCUT2D eigenvalue weighted by atomic mass is 16.5. The van der Waals surface area contributed by atoms with Crippen molar-refractivity contribution in [2.24, 2.45) is 0 Å². The minimum absolute atomic E-state index is 0.458. The lowest BCUT2D eigenvalue weighted by Gasteiger charge is -2.33. The number of nitrogens with zero attached hydrogens (tertiary/aromatic N) is 1. The van der Waals surface area contributed by atoms with Crippen LogP contribution in [-0.4, -0.2) is 25.1 Å². The SMILES string of the molecule is CN1Cc2c(ccc3c2OCC3)[C@@H](c2ccccc2)C1. The zero-order valence-electron chi connectivity index (χ0n) is 11.8. The molecule has 0 aliphatic carbocycles. The maximum atomic E-state index is 5.90. The van der Waals surface area contributed by atoms with Crippen molar-refractivity contribution in [2.75, 3.05) is 20.2 Å². The lowest BCUT2D eigenvalue weighted by molar-refractivity contribution is 0.282. The topological polar surface area (TPSA) is 12.5 Å². The first-order chi connectivity index (χ1) is 9.83. The molecule has 4 rings (SSSR count). The maximum absolute atomic E-state index is 5.90. The molecular weight excluding hydrogens is 246 g/mol. The van der Waals surface area contributed by atoms with E-state index in [1.165, 1.54) is 22.3 Å². The molecule has 0 unspecified atom stereocenters. The van der Waals surface area contributed by atoms with Gasteiger partial charge >= 0.3 is 0 Å². The van der Waals surface area contributed by atoms with Gasteiger partial charge in [-0.1, -0.05) is 42.5 Å². The molecule has 2 aromatic rings. The number of ether oxygens (including phenoxy) is 1. The molecule has 0 N–H and O–H groups in total. The number of rotatable bonds is 1. The van der Waals surface area contributed by atoms with Crippen molar-refractivity contribution in [3.63, 3.8) is 0 Å². The smallest absolute Gasteiger partial charge is 0.127 e. The Balaban J connectivity index is 1.86. The summed E-state index contributed by atoms with van der Waals surface area (Å²) in [6.45, 7) is 2.92. The Hall–Kier alpha value is -1.80. The zero-order valence-corrected chi connectivity index (χ0v) is 11.8. The van der Waals surface area contributed by atoms with E-state index in [4.69, 9.17) is 4.74 Å². The Labute approximate surface area is 120 Å². The largest absolute Gasteiger partial charge is 0.493 e. The number of hydrogen-bond acceptors (Lipinski definition) is 2. The van der Waals surface area contributed by atoms with Gasteiger partial charge in [-0.3, -0.25) is 0 Å². The first kappa shape index (κ1) is 12.0. The van der Waals surface area contributed by atoms with Crippen molar-refractivity contribution in [1.29, 1.82) is 0 Å². The van der Waals surface area contributed by atoms with Gasteiger partial charge in [0.05, 0.1) is 6.61 Å². The summed E-state index contributed by atoms with van der Waals surface area (Å²) in [4.78, 5) is 2.40. The molecular formula is C18H19NO. The van der Waals surface area contributed by atoms with Crippen LogP contribution in [0.2, 0.25) is 0 Å². The van der Waals surface area contributed by atoms with Crippen LogP contribution in [0.15, 0.2) is 42.5 Å². The van der Waals surface area contributed by atoms with Crippen molar-refractivity contribution in [3.8, 4) is 5.75 Å². The second-order valence-corrected chi connectivity index (χ2v) is 5.88. The van der Waals surface area contributed by atoms with Gasteiger partial charge in [-0.15, -0.1) is 0 Å². The predicted molar refractivity (Wildman–Crippen MR) is 80.3 cm³/mol. The minimum atomic E-state index is 0.458. The third kappa shape index (κ3) is 1.83. The summed E-state index contributed by atoms with van der Waals surface area (Å²) in [6.07, 6.45) is 1.06. The van der Waals surface area contributed by atoms with E-state index in [2.05, 4.69) is 54.4 Å². The molecule has 0 fully saturated rings. The van der Waals surface area contributed by atoms with Crippen LogP contribution in [-0.2, 0) is 13.0 Å². The second-order valence-electron chi connectivity index (χ2n) is 5.88. The third-order valence-corrected chi connectivity index (χ3v) is 4.50. The maximum Gasteiger partial charge on any atom is 0.127 e. The van der Waals surface area contributed by atoms with Crippen LogP contribution in [0.3, 0.4) is 0 Å². The van der Waals surface area contributed by atoms with Crippen LogP contribution in [0.25, 0.3) is 0 Å². The van der Waals surface area contributed by atoms with Crippen LogP contribution in [0.1, 0.15) is 28.2 Å². The number of fused-ring (bicyclic) bond motifs is 3. The van der Waals surface area contributed by atoms with E-state index in [0.717, 1.165) is 31.9 Å². The number of hydrogen-bond donors (Lipinski definition) is 0. The van der Waals surface area contributed by atoms with E-state index in [9.17, 15) is 0 Å². The van der Waals surface area contributed by atoms with Crippen molar-refractivity contribution < 1.29 is 4.74 Å². The predicted octanol–water partition coefficient (Wildman–Crippen LogP) is 3.20. The second kappa shape index (κ2) is 4.64. The summed E-state index contributed by atoms with van der Waals surface area (Å²) in [5, 5.41) is 0. The molecule has 2 aromatic carbocycles. The van der Waals surface area contributed by atoms with Gasteiger partial charge in [0.2, 0.25) is 0 Å². The molecule has 0 spiro atoms. The monoisotopic (exact) mass is 265 g/mol.